The number of carbonyl (C=O) groups is 2. The molecule has 0 saturated carbocycles. The summed E-state index contributed by atoms with van der Waals surface area (Å²) in [4.78, 5) is 23.3. The molecule has 1 aromatic rings. The Morgan fingerprint density at radius 3 is 2.52 bits per heavy atom. The number of nitrogens with zero attached hydrogens (tertiary/aromatic N) is 1. The number of esters is 1. The lowest BCUT2D eigenvalue weighted by Gasteiger charge is -2.38. The first-order valence-electron chi connectivity index (χ1n) is 6.24. The minimum Gasteiger partial charge on any atom is -0.461 e. The summed E-state index contributed by atoms with van der Waals surface area (Å²) < 4.78 is 29.0. The van der Waals surface area contributed by atoms with Crippen molar-refractivity contribution in [3.05, 3.63) is 35.9 Å². The molecule has 0 aromatic heterocycles. The topological polar surface area (TPSA) is 80.8 Å². The van der Waals surface area contributed by atoms with Crippen molar-refractivity contribution in [3.8, 4) is 0 Å². The van der Waals surface area contributed by atoms with E-state index in [0.717, 1.165) is 9.87 Å². The molecule has 1 saturated heterocycles. The predicted molar refractivity (Wildman–Crippen MR) is 84.2 cm³/mol. The number of alkyl halides is 1. The van der Waals surface area contributed by atoms with Gasteiger partial charge in [0.15, 0.2) is 0 Å². The number of amides is 1. The van der Waals surface area contributed by atoms with Crippen molar-refractivity contribution in [2.45, 2.75) is 19.1 Å². The van der Waals surface area contributed by atoms with E-state index in [2.05, 4.69) is 0 Å². The van der Waals surface area contributed by atoms with Crippen LogP contribution in [0.25, 0.3) is 0 Å². The molecule has 1 heterocycles. The Morgan fingerprint density at radius 1 is 1.29 bits per heavy atom. The van der Waals surface area contributed by atoms with Crippen LogP contribution < -0.4 is 0 Å². The average Bonchev–Trinajstić information content (AvgIpc) is 2.45. The van der Waals surface area contributed by atoms with Gasteiger partial charge in [0.1, 0.15) is 6.61 Å². The molecule has 0 radical (unpaired) electrons. The Morgan fingerprint density at radius 2 is 1.95 bits per heavy atom. The monoisotopic (exact) mass is 423 g/mol. The van der Waals surface area contributed by atoms with Crippen LogP contribution in [0.4, 0.5) is 0 Å². The normalized spacial score (nSPS) is 19.7. The van der Waals surface area contributed by atoms with Crippen molar-refractivity contribution in [1.29, 1.82) is 0 Å². The first-order chi connectivity index (χ1) is 9.94. The Balaban J connectivity index is 1.87. The van der Waals surface area contributed by atoms with E-state index in [1.165, 1.54) is 0 Å². The number of halogens is 1. The van der Waals surface area contributed by atoms with Crippen LogP contribution >= 0.6 is 22.6 Å². The molecule has 8 heteroatoms. The van der Waals surface area contributed by atoms with Crippen LogP contribution in [0.3, 0.4) is 0 Å². The van der Waals surface area contributed by atoms with Gasteiger partial charge < -0.3 is 4.74 Å². The Labute approximate surface area is 136 Å². The van der Waals surface area contributed by atoms with Crippen molar-refractivity contribution < 1.29 is 22.7 Å². The van der Waals surface area contributed by atoms with Crippen molar-refractivity contribution in [3.63, 3.8) is 0 Å². The second-order valence-corrected chi connectivity index (χ2v) is 7.26. The molecule has 0 N–H and O–H groups in total. The third-order valence-electron chi connectivity index (χ3n) is 3.04. The molecule has 0 spiro atoms. The highest BCUT2D eigenvalue weighted by molar-refractivity contribution is 14.1. The average molecular weight is 423 g/mol. The van der Waals surface area contributed by atoms with Crippen LogP contribution in [-0.4, -0.2) is 40.8 Å². The molecule has 2 rings (SSSR count). The lowest BCUT2D eigenvalue weighted by atomic mass is 10.2. The number of benzene rings is 1. The summed E-state index contributed by atoms with van der Waals surface area (Å²) in [6.45, 7) is 0.138. The van der Waals surface area contributed by atoms with E-state index in [9.17, 15) is 18.0 Å². The molecule has 6 nitrogen and oxygen atoms in total. The predicted octanol–water partition coefficient (Wildman–Crippen LogP) is 1.10. The zero-order chi connectivity index (χ0) is 15.5. The third kappa shape index (κ3) is 3.94. The summed E-state index contributed by atoms with van der Waals surface area (Å²) in [5.74, 6) is -1.19. The van der Waals surface area contributed by atoms with Gasteiger partial charge in [-0.05, 0) is 5.56 Å². The standard InChI is InChI=1S/C13H14INO5S/c14-7-12(16)15-11(9-21(15,18)19)6-13(17)20-8-10-4-2-1-3-5-10/h1-5,11H,6-9H2. The fourth-order valence-electron chi connectivity index (χ4n) is 2.08. The molecule has 1 aromatic carbocycles. The lowest BCUT2D eigenvalue weighted by molar-refractivity contribution is -0.146. The lowest BCUT2D eigenvalue weighted by Crippen LogP contribution is -2.60. The second-order valence-electron chi connectivity index (χ2n) is 4.61. The van der Waals surface area contributed by atoms with Crippen molar-refractivity contribution in [1.82, 2.24) is 4.31 Å². The molecular formula is C13H14INO5S. The van der Waals surface area contributed by atoms with Crippen molar-refractivity contribution in [2.75, 3.05) is 10.2 Å². The molecular weight excluding hydrogens is 409 g/mol. The molecule has 1 amide bonds. The molecule has 1 unspecified atom stereocenters. The number of hydrogen-bond acceptors (Lipinski definition) is 5. The minimum absolute atomic E-state index is 0.0621. The van der Waals surface area contributed by atoms with Gasteiger partial charge in [0.2, 0.25) is 15.9 Å². The maximum atomic E-state index is 11.7. The maximum Gasteiger partial charge on any atom is 0.308 e. The van der Waals surface area contributed by atoms with Gasteiger partial charge in [0, 0.05) is 0 Å². The van der Waals surface area contributed by atoms with Crippen LogP contribution in [0.1, 0.15) is 12.0 Å². The van der Waals surface area contributed by atoms with Crippen LogP contribution in [0.2, 0.25) is 0 Å². The van der Waals surface area contributed by atoms with Gasteiger partial charge in [0.05, 0.1) is 22.6 Å². The number of ether oxygens (including phenoxy) is 1. The smallest absolute Gasteiger partial charge is 0.308 e. The molecule has 1 aliphatic rings. The van der Waals surface area contributed by atoms with Crippen LogP contribution in [-0.2, 0) is 31.0 Å². The van der Waals surface area contributed by atoms with E-state index in [1.807, 2.05) is 30.3 Å². The molecule has 0 aliphatic carbocycles. The van der Waals surface area contributed by atoms with E-state index in [1.54, 1.807) is 22.6 Å². The summed E-state index contributed by atoms with van der Waals surface area (Å²) in [6.07, 6.45) is -0.103. The van der Waals surface area contributed by atoms with E-state index >= 15 is 0 Å². The first-order valence-corrected chi connectivity index (χ1v) is 9.38. The van der Waals surface area contributed by atoms with Gasteiger partial charge in [-0.15, -0.1) is 0 Å². The number of rotatable bonds is 5. The first kappa shape index (κ1) is 16.2. The molecule has 0 bridgehead atoms. The number of hydrogen-bond donors (Lipinski definition) is 0. The largest absolute Gasteiger partial charge is 0.461 e. The summed E-state index contributed by atoms with van der Waals surface area (Å²) in [6, 6.07) is 8.57. The van der Waals surface area contributed by atoms with Crippen LogP contribution in [0.5, 0.6) is 0 Å². The molecule has 1 atom stereocenters. The van der Waals surface area contributed by atoms with Crippen LogP contribution in [0.15, 0.2) is 30.3 Å². The quantitative estimate of drug-likeness (QED) is 0.403. The highest BCUT2D eigenvalue weighted by atomic mass is 127. The van der Waals surface area contributed by atoms with Crippen LogP contribution in [0, 0.1) is 0 Å². The zero-order valence-corrected chi connectivity index (χ0v) is 14.0. The van der Waals surface area contributed by atoms with Gasteiger partial charge in [-0.1, -0.05) is 52.9 Å². The summed E-state index contributed by atoms with van der Waals surface area (Å²) in [7, 11) is -3.52. The summed E-state index contributed by atoms with van der Waals surface area (Å²) in [5.41, 5.74) is 0.854. The van der Waals surface area contributed by atoms with Gasteiger partial charge in [-0.2, -0.15) is 0 Å². The Hall–Kier alpha value is -1.16. The van der Waals surface area contributed by atoms with E-state index < -0.39 is 27.9 Å². The van der Waals surface area contributed by atoms with Crippen molar-refractivity contribution in [2.24, 2.45) is 0 Å². The fraction of sp³-hybridized carbons (Fsp3) is 0.385. The maximum absolute atomic E-state index is 11.7. The summed E-state index contributed by atoms with van der Waals surface area (Å²) in [5, 5.41) is 0. The molecule has 1 fully saturated rings. The number of sulfonamides is 1. The van der Waals surface area contributed by atoms with Gasteiger partial charge >= 0.3 is 5.97 Å². The van der Waals surface area contributed by atoms with E-state index in [-0.39, 0.29) is 23.2 Å². The highest BCUT2D eigenvalue weighted by Crippen LogP contribution is 2.25. The number of carbonyl (C=O) groups excluding carboxylic acids is 2. The van der Waals surface area contributed by atoms with Gasteiger partial charge in [-0.3, -0.25) is 9.59 Å². The molecule has 114 valence electrons. The van der Waals surface area contributed by atoms with Gasteiger partial charge in [-0.25, -0.2) is 12.7 Å². The highest BCUT2D eigenvalue weighted by Gasteiger charge is 2.47. The van der Waals surface area contributed by atoms with Crippen molar-refractivity contribution >= 4 is 44.5 Å². The SMILES string of the molecule is O=C(CC1CS(=O)(=O)N1C(=O)CI)OCc1ccccc1. The second kappa shape index (κ2) is 6.73. The minimum atomic E-state index is -3.52. The molecule has 21 heavy (non-hydrogen) atoms. The van der Waals surface area contributed by atoms with E-state index in [4.69, 9.17) is 4.74 Å². The third-order valence-corrected chi connectivity index (χ3v) is 5.60. The molecule has 1 aliphatic heterocycles. The Kier molecular flexibility index (Phi) is 5.20. The Bertz CT molecular complexity index is 631. The fourth-order valence-corrected chi connectivity index (χ4v) is 4.31. The zero-order valence-electron chi connectivity index (χ0n) is 11.1. The van der Waals surface area contributed by atoms with Gasteiger partial charge in [0.25, 0.3) is 0 Å². The van der Waals surface area contributed by atoms with E-state index in [0.29, 0.717) is 0 Å². The summed E-state index contributed by atoms with van der Waals surface area (Å²) >= 11 is 1.80.